The molecule has 0 bridgehead atoms. The summed E-state index contributed by atoms with van der Waals surface area (Å²) in [6, 6.07) is 5.50. The minimum absolute atomic E-state index is 0.124. The number of non-ortho nitro benzene ring substituents is 1. The number of nitro benzene ring substituents is 1. The van der Waals surface area contributed by atoms with Crippen molar-refractivity contribution < 1.29 is 4.92 Å². The van der Waals surface area contributed by atoms with Gasteiger partial charge in [-0.25, -0.2) is 0 Å². The Bertz CT molecular complexity index is 470. The molecule has 104 valence electrons. The van der Waals surface area contributed by atoms with E-state index in [9.17, 15) is 10.1 Å². The van der Waals surface area contributed by atoms with E-state index in [2.05, 4.69) is 27.5 Å². The minimum Gasteiger partial charge on any atom is -0.309 e. The number of thioether (sulfide) groups is 1. The molecule has 0 aliphatic heterocycles. The normalized spacial score (nSPS) is 22.6. The minimum atomic E-state index is -0.372. The highest BCUT2D eigenvalue weighted by Crippen LogP contribution is 2.29. The van der Waals surface area contributed by atoms with Gasteiger partial charge in [-0.1, -0.05) is 22.4 Å². The van der Waals surface area contributed by atoms with E-state index in [1.807, 2.05) is 17.8 Å². The van der Waals surface area contributed by atoms with Gasteiger partial charge in [0.15, 0.2) is 0 Å². The monoisotopic (exact) mass is 344 g/mol. The number of hydrogen-bond acceptors (Lipinski definition) is 4. The summed E-state index contributed by atoms with van der Waals surface area (Å²) in [6.07, 6.45) is 5.94. The third kappa shape index (κ3) is 3.70. The van der Waals surface area contributed by atoms with Crippen LogP contribution in [0, 0.1) is 10.1 Å². The Kier molecular flexibility index (Phi) is 5.24. The Labute approximate surface area is 125 Å². The summed E-state index contributed by atoms with van der Waals surface area (Å²) in [5, 5.41) is 14.9. The third-order valence-corrected chi connectivity index (χ3v) is 5.47. The van der Waals surface area contributed by atoms with E-state index in [0.717, 1.165) is 16.6 Å². The summed E-state index contributed by atoms with van der Waals surface area (Å²) in [5.74, 6) is 0. The van der Waals surface area contributed by atoms with Crippen molar-refractivity contribution in [1.82, 2.24) is 5.32 Å². The molecule has 0 amide bonds. The molecule has 2 rings (SSSR count). The molecule has 2 unspecified atom stereocenters. The molecule has 1 saturated carbocycles. The van der Waals surface area contributed by atoms with E-state index in [1.54, 1.807) is 12.1 Å². The maximum absolute atomic E-state index is 10.7. The molecule has 2 atom stereocenters. The predicted octanol–water partition coefficient (Wildman–Crippen LogP) is 3.73. The zero-order valence-corrected chi connectivity index (χ0v) is 13.2. The van der Waals surface area contributed by atoms with E-state index in [4.69, 9.17) is 0 Å². The highest BCUT2D eigenvalue weighted by atomic mass is 79.9. The summed E-state index contributed by atoms with van der Waals surface area (Å²) in [7, 11) is 0. The van der Waals surface area contributed by atoms with Gasteiger partial charge < -0.3 is 5.32 Å². The number of hydrogen-bond donors (Lipinski definition) is 1. The molecule has 0 heterocycles. The van der Waals surface area contributed by atoms with Gasteiger partial charge in [-0.15, -0.1) is 0 Å². The van der Waals surface area contributed by atoms with Crippen molar-refractivity contribution in [2.45, 2.75) is 37.1 Å². The van der Waals surface area contributed by atoms with Gasteiger partial charge in [-0.05, 0) is 30.7 Å². The second kappa shape index (κ2) is 6.72. The van der Waals surface area contributed by atoms with Gasteiger partial charge in [0, 0.05) is 34.4 Å². The molecule has 1 N–H and O–H groups in total. The van der Waals surface area contributed by atoms with Crippen LogP contribution < -0.4 is 5.32 Å². The molecule has 1 aliphatic rings. The van der Waals surface area contributed by atoms with Crippen LogP contribution in [0.15, 0.2) is 22.7 Å². The number of halogens is 1. The molecule has 1 aromatic carbocycles. The van der Waals surface area contributed by atoms with Crippen LogP contribution >= 0.6 is 27.7 Å². The topological polar surface area (TPSA) is 55.2 Å². The molecule has 0 aromatic heterocycles. The number of rotatable bonds is 5. The maximum Gasteiger partial charge on any atom is 0.270 e. The van der Waals surface area contributed by atoms with E-state index in [-0.39, 0.29) is 10.6 Å². The van der Waals surface area contributed by atoms with Crippen LogP contribution in [0.1, 0.15) is 24.8 Å². The molecule has 0 radical (unpaired) electrons. The summed E-state index contributed by atoms with van der Waals surface area (Å²) >= 11 is 5.33. The van der Waals surface area contributed by atoms with Gasteiger partial charge >= 0.3 is 0 Å². The Morgan fingerprint density at radius 3 is 2.95 bits per heavy atom. The van der Waals surface area contributed by atoms with Crippen LogP contribution in [0.3, 0.4) is 0 Å². The van der Waals surface area contributed by atoms with Crippen LogP contribution in [0.5, 0.6) is 0 Å². The van der Waals surface area contributed by atoms with Gasteiger partial charge in [0.05, 0.1) is 4.92 Å². The van der Waals surface area contributed by atoms with E-state index >= 15 is 0 Å². The Morgan fingerprint density at radius 1 is 1.53 bits per heavy atom. The van der Waals surface area contributed by atoms with E-state index in [1.165, 1.54) is 19.3 Å². The average Bonchev–Trinajstić information content (AvgIpc) is 2.84. The van der Waals surface area contributed by atoms with Gasteiger partial charge in [-0.2, -0.15) is 11.8 Å². The predicted molar refractivity (Wildman–Crippen MR) is 82.6 cm³/mol. The molecule has 0 spiro atoms. The zero-order valence-electron chi connectivity index (χ0n) is 10.8. The smallest absolute Gasteiger partial charge is 0.270 e. The van der Waals surface area contributed by atoms with Crippen molar-refractivity contribution in [3.8, 4) is 0 Å². The molecular formula is C13H17BrN2O2S. The maximum atomic E-state index is 10.7. The fourth-order valence-corrected chi connectivity index (χ4v) is 3.95. The number of benzene rings is 1. The number of nitrogens with zero attached hydrogens (tertiary/aromatic N) is 1. The first kappa shape index (κ1) is 14.8. The highest BCUT2D eigenvalue weighted by molar-refractivity contribution is 9.10. The van der Waals surface area contributed by atoms with Gasteiger partial charge in [-0.3, -0.25) is 10.1 Å². The van der Waals surface area contributed by atoms with Crippen LogP contribution in [-0.2, 0) is 6.54 Å². The van der Waals surface area contributed by atoms with Crippen molar-refractivity contribution in [1.29, 1.82) is 0 Å². The molecule has 6 heteroatoms. The summed E-state index contributed by atoms with van der Waals surface area (Å²) in [5.41, 5.74) is 1.19. The summed E-state index contributed by atoms with van der Waals surface area (Å²) < 4.78 is 0.799. The van der Waals surface area contributed by atoms with Crippen molar-refractivity contribution >= 4 is 33.4 Å². The van der Waals surface area contributed by atoms with E-state index < -0.39 is 0 Å². The Morgan fingerprint density at radius 2 is 2.32 bits per heavy atom. The van der Waals surface area contributed by atoms with Crippen molar-refractivity contribution in [3.05, 3.63) is 38.3 Å². The largest absolute Gasteiger partial charge is 0.309 e. The van der Waals surface area contributed by atoms with Gasteiger partial charge in [0.2, 0.25) is 0 Å². The van der Waals surface area contributed by atoms with Gasteiger partial charge in [0.1, 0.15) is 0 Å². The van der Waals surface area contributed by atoms with Crippen LogP contribution in [0.4, 0.5) is 5.69 Å². The Balaban J connectivity index is 1.98. The lowest BCUT2D eigenvalue weighted by Gasteiger charge is -2.19. The fourth-order valence-electron chi connectivity index (χ4n) is 2.48. The quantitative estimate of drug-likeness (QED) is 0.653. The molecule has 1 aliphatic carbocycles. The first-order chi connectivity index (χ1) is 9.11. The number of nitrogens with one attached hydrogen (secondary N) is 1. The van der Waals surface area contributed by atoms with Crippen LogP contribution in [0.2, 0.25) is 0 Å². The fraction of sp³-hybridized carbons (Fsp3) is 0.538. The van der Waals surface area contributed by atoms with Crippen molar-refractivity contribution in [2.75, 3.05) is 6.26 Å². The summed E-state index contributed by atoms with van der Waals surface area (Å²) in [4.78, 5) is 10.3. The molecule has 1 aromatic rings. The first-order valence-corrected chi connectivity index (χ1v) is 8.39. The van der Waals surface area contributed by atoms with Crippen molar-refractivity contribution in [3.63, 3.8) is 0 Å². The highest BCUT2D eigenvalue weighted by Gasteiger charge is 2.25. The SMILES string of the molecule is CSC1CCCC1NCc1ccc([N+](=O)[O-])cc1Br. The molecule has 1 fully saturated rings. The van der Waals surface area contributed by atoms with E-state index in [0.29, 0.717) is 11.3 Å². The number of nitro groups is 1. The lowest BCUT2D eigenvalue weighted by molar-refractivity contribution is -0.384. The Hall–Kier alpha value is -0.590. The zero-order chi connectivity index (χ0) is 13.8. The second-order valence-corrected chi connectivity index (χ2v) is 6.66. The molecule has 19 heavy (non-hydrogen) atoms. The first-order valence-electron chi connectivity index (χ1n) is 6.31. The standard InChI is InChI=1S/C13H17BrN2O2S/c1-19-13-4-2-3-12(13)15-8-9-5-6-10(16(17)18)7-11(9)14/h5-7,12-13,15H,2-4,8H2,1H3. The third-order valence-electron chi connectivity index (χ3n) is 3.56. The van der Waals surface area contributed by atoms with Crippen LogP contribution in [-0.4, -0.2) is 22.5 Å². The second-order valence-electron chi connectivity index (χ2n) is 4.73. The van der Waals surface area contributed by atoms with Crippen molar-refractivity contribution in [2.24, 2.45) is 0 Å². The molecule has 0 saturated heterocycles. The van der Waals surface area contributed by atoms with Crippen LogP contribution in [0.25, 0.3) is 0 Å². The average molecular weight is 345 g/mol. The molecule has 4 nitrogen and oxygen atoms in total. The lowest BCUT2D eigenvalue weighted by Crippen LogP contribution is -2.33. The molecular weight excluding hydrogens is 328 g/mol. The summed E-state index contributed by atoms with van der Waals surface area (Å²) in [6.45, 7) is 0.750. The van der Waals surface area contributed by atoms with Gasteiger partial charge in [0.25, 0.3) is 5.69 Å². The lowest BCUT2D eigenvalue weighted by atomic mass is 10.2.